The van der Waals surface area contributed by atoms with Gasteiger partial charge in [0, 0.05) is 0 Å². The van der Waals surface area contributed by atoms with Gasteiger partial charge in [-0.2, -0.15) is 0 Å². The fraction of sp³-hybridized carbons (Fsp3) is 0.500. The monoisotopic (exact) mass is 135 g/mol. The summed E-state index contributed by atoms with van der Waals surface area (Å²) in [6.45, 7) is 0. The van der Waals surface area contributed by atoms with Gasteiger partial charge in [-0.05, 0) is 0 Å². The van der Waals surface area contributed by atoms with E-state index in [0.29, 0.717) is 12.8 Å². The van der Waals surface area contributed by atoms with E-state index < -0.39 is 0 Å². The Kier molecular flexibility index (Phi) is 2.65. The number of amides is 2. The van der Waals surface area contributed by atoms with Crippen LogP contribution in [0.1, 0.15) is 12.8 Å². The van der Waals surface area contributed by atoms with Crippen molar-refractivity contribution in [3.63, 3.8) is 0 Å². The molecule has 0 unspecified atom stereocenters. The Balaban J connectivity index is 0.000000490. The number of quaternary nitrogens is 1. The highest BCUT2D eigenvalue weighted by Gasteiger charge is 2.22. The van der Waals surface area contributed by atoms with Gasteiger partial charge < -0.3 is 12.4 Å². The summed E-state index contributed by atoms with van der Waals surface area (Å²) in [6, 6.07) is 0. The maximum Gasteiger partial charge on any atom is 0.318 e. The summed E-state index contributed by atoms with van der Waals surface area (Å²) < 4.78 is 0. The molecule has 1 aliphatic heterocycles. The minimum atomic E-state index is -0.0231. The van der Waals surface area contributed by atoms with Gasteiger partial charge >= 0.3 is 11.8 Å². The third-order valence-electron chi connectivity index (χ3n) is 0.940. The summed E-state index contributed by atoms with van der Waals surface area (Å²) in [4.78, 5) is 20.4. The standard InChI is InChI=1S/C4H5NO2.ClH/c6-3-1-2-4(7)5-3;/h1-2H2,(H,5,6,7);1H. The first-order chi connectivity index (χ1) is 3.29. The van der Waals surface area contributed by atoms with Crippen LogP contribution in [0.2, 0.25) is 0 Å². The van der Waals surface area contributed by atoms with Crippen LogP contribution in [0.4, 0.5) is 0 Å². The van der Waals surface area contributed by atoms with Crippen LogP contribution in [0.5, 0.6) is 0 Å². The number of halogens is 1. The lowest BCUT2D eigenvalue weighted by Gasteiger charge is -1.71. The average molecular weight is 136 g/mol. The number of carbonyl (C=O) groups is 2. The van der Waals surface area contributed by atoms with Crippen LogP contribution in [0.25, 0.3) is 0 Å². The minimum Gasteiger partial charge on any atom is -1.00 e. The molecule has 1 saturated heterocycles. The predicted molar refractivity (Wildman–Crippen MR) is 21.2 cm³/mol. The van der Waals surface area contributed by atoms with Crippen molar-refractivity contribution in [1.29, 1.82) is 0 Å². The first kappa shape index (κ1) is 7.59. The van der Waals surface area contributed by atoms with Crippen molar-refractivity contribution in [2.75, 3.05) is 0 Å². The fourth-order valence-electron chi connectivity index (χ4n) is 0.570. The van der Waals surface area contributed by atoms with E-state index in [-0.39, 0.29) is 24.2 Å². The molecule has 1 rings (SSSR count). The van der Waals surface area contributed by atoms with Crippen LogP contribution in [0.15, 0.2) is 0 Å². The molecule has 0 aromatic rings. The molecule has 1 aliphatic rings. The lowest BCUT2D eigenvalue weighted by atomic mass is 10.4. The van der Waals surface area contributed by atoms with E-state index in [4.69, 9.17) is 0 Å². The number of primary amides is 2. The quantitative estimate of drug-likeness (QED) is 0.340. The molecule has 1 heterocycles. The lowest BCUT2D eigenvalue weighted by molar-refractivity contribution is -0.476. The average Bonchev–Trinajstić information content (AvgIpc) is 1.87. The zero-order valence-corrected chi connectivity index (χ0v) is 4.94. The SMILES string of the molecule is O=C1CCC(=O)[NH2+]1.[Cl-]. The van der Waals surface area contributed by atoms with Crippen LogP contribution in [0, 0.1) is 0 Å². The van der Waals surface area contributed by atoms with Crippen molar-refractivity contribution in [2.45, 2.75) is 12.8 Å². The van der Waals surface area contributed by atoms with Gasteiger partial charge in [0.15, 0.2) is 0 Å². The zero-order chi connectivity index (χ0) is 5.28. The molecule has 0 saturated carbocycles. The van der Waals surface area contributed by atoms with Crippen molar-refractivity contribution in [2.24, 2.45) is 0 Å². The molecule has 0 aliphatic carbocycles. The molecule has 0 spiro atoms. The molecule has 46 valence electrons. The Morgan fingerprint density at radius 3 is 1.62 bits per heavy atom. The molecule has 4 heteroatoms. The summed E-state index contributed by atoms with van der Waals surface area (Å²) in [7, 11) is 0. The van der Waals surface area contributed by atoms with E-state index in [1.165, 1.54) is 5.32 Å². The number of carbonyl (C=O) groups excluding carboxylic acids is 2. The first-order valence-corrected chi connectivity index (χ1v) is 2.19. The van der Waals surface area contributed by atoms with E-state index in [0.717, 1.165) is 0 Å². The van der Waals surface area contributed by atoms with Crippen LogP contribution < -0.4 is 17.7 Å². The van der Waals surface area contributed by atoms with Crippen molar-refractivity contribution >= 4 is 11.8 Å². The summed E-state index contributed by atoms with van der Waals surface area (Å²) in [6.07, 6.45) is 0.859. The van der Waals surface area contributed by atoms with Gasteiger partial charge in [0.2, 0.25) is 0 Å². The second-order valence-corrected chi connectivity index (χ2v) is 1.58. The molecule has 0 aromatic heterocycles. The number of nitrogens with two attached hydrogens (primary N) is 1. The highest BCUT2D eigenvalue weighted by molar-refractivity contribution is 5.86. The summed E-state index contributed by atoms with van der Waals surface area (Å²) in [5, 5.41) is 1.17. The van der Waals surface area contributed by atoms with E-state index in [2.05, 4.69) is 0 Å². The van der Waals surface area contributed by atoms with E-state index >= 15 is 0 Å². The number of rotatable bonds is 0. The Labute approximate surface area is 52.9 Å². The van der Waals surface area contributed by atoms with Crippen LogP contribution in [-0.4, -0.2) is 11.8 Å². The molecule has 1 fully saturated rings. The Bertz CT molecular complexity index is 109. The van der Waals surface area contributed by atoms with Crippen molar-refractivity contribution < 1.29 is 27.3 Å². The van der Waals surface area contributed by atoms with Gasteiger partial charge in [0.05, 0.1) is 12.8 Å². The molecule has 0 atom stereocenters. The smallest absolute Gasteiger partial charge is 0.318 e. The number of hydrogen-bond donors (Lipinski definition) is 1. The number of imide groups is 1. The third-order valence-corrected chi connectivity index (χ3v) is 0.940. The summed E-state index contributed by atoms with van der Waals surface area (Å²) in [5.74, 6) is -0.0463. The normalized spacial score (nSPS) is 18.5. The van der Waals surface area contributed by atoms with Gasteiger partial charge in [-0.25, -0.2) is 14.9 Å². The second-order valence-electron chi connectivity index (χ2n) is 1.58. The molecule has 0 radical (unpaired) electrons. The van der Waals surface area contributed by atoms with Crippen LogP contribution >= 0.6 is 0 Å². The highest BCUT2D eigenvalue weighted by Crippen LogP contribution is 1.87. The summed E-state index contributed by atoms with van der Waals surface area (Å²) >= 11 is 0. The van der Waals surface area contributed by atoms with Gasteiger partial charge in [-0.15, -0.1) is 0 Å². The lowest BCUT2D eigenvalue weighted by Crippen LogP contribution is -3.00. The molecule has 2 amide bonds. The first-order valence-electron chi connectivity index (χ1n) is 2.19. The minimum absolute atomic E-state index is 0. The topological polar surface area (TPSA) is 50.8 Å². The largest absolute Gasteiger partial charge is 1.00 e. The fourth-order valence-corrected chi connectivity index (χ4v) is 0.570. The zero-order valence-electron chi connectivity index (χ0n) is 4.19. The second kappa shape index (κ2) is 2.79. The molecular weight excluding hydrogens is 130 g/mol. The van der Waals surface area contributed by atoms with Crippen molar-refractivity contribution in [3.8, 4) is 0 Å². The molecular formula is C4H6ClNO2. The van der Waals surface area contributed by atoms with Gasteiger partial charge in [0.1, 0.15) is 0 Å². The maximum atomic E-state index is 10.2. The molecule has 8 heavy (non-hydrogen) atoms. The van der Waals surface area contributed by atoms with Gasteiger partial charge in [-0.3, -0.25) is 0 Å². The van der Waals surface area contributed by atoms with Crippen LogP contribution in [0.3, 0.4) is 0 Å². The molecule has 3 nitrogen and oxygen atoms in total. The third kappa shape index (κ3) is 1.60. The predicted octanol–water partition coefficient (Wildman–Crippen LogP) is -4.60. The Morgan fingerprint density at radius 2 is 1.50 bits per heavy atom. The van der Waals surface area contributed by atoms with E-state index in [1.807, 2.05) is 0 Å². The number of hydrogen-bond acceptors (Lipinski definition) is 2. The van der Waals surface area contributed by atoms with Gasteiger partial charge in [-0.1, -0.05) is 0 Å². The van der Waals surface area contributed by atoms with Crippen molar-refractivity contribution in [1.82, 2.24) is 0 Å². The van der Waals surface area contributed by atoms with E-state index in [9.17, 15) is 9.59 Å². The molecule has 0 bridgehead atoms. The summed E-state index contributed by atoms with van der Waals surface area (Å²) in [5.41, 5.74) is 0. The molecule has 2 N–H and O–H groups in total. The molecule has 0 aromatic carbocycles. The van der Waals surface area contributed by atoms with Crippen LogP contribution in [-0.2, 0) is 9.59 Å². The Morgan fingerprint density at radius 1 is 1.12 bits per heavy atom. The maximum absolute atomic E-state index is 10.2. The van der Waals surface area contributed by atoms with Crippen molar-refractivity contribution in [3.05, 3.63) is 0 Å². The van der Waals surface area contributed by atoms with Gasteiger partial charge in [0.25, 0.3) is 0 Å². The van der Waals surface area contributed by atoms with E-state index in [1.54, 1.807) is 0 Å². The highest BCUT2D eigenvalue weighted by atomic mass is 35.5. The Hall–Kier alpha value is -0.410.